The zero-order valence-corrected chi connectivity index (χ0v) is 12.7. The average Bonchev–Trinajstić information content (AvgIpc) is 3.01. The summed E-state index contributed by atoms with van der Waals surface area (Å²) in [4.78, 5) is 11.9. The van der Waals surface area contributed by atoms with E-state index in [1.54, 1.807) is 6.92 Å². The molecule has 0 spiro atoms. The molecule has 3 aromatic rings. The van der Waals surface area contributed by atoms with E-state index < -0.39 is 0 Å². The first-order chi connectivity index (χ1) is 11.2. The summed E-state index contributed by atoms with van der Waals surface area (Å²) in [5.41, 5.74) is 2.04. The van der Waals surface area contributed by atoms with Gasteiger partial charge in [-0.2, -0.15) is 5.10 Å². The van der Waals surface area contributed by atoms with Crippen LogP contribution < -0.4 is 4.74 Å². The van der Waals surface area contributed by atoms with Gasteiger partial charge in [0.05, 0.1) is 6.20 Å². The van der Waals surface area contributed by atoms with E-state index in [4.69, 9.17) is 9.47 Å². The molecule has 23 heavy (non-hydrogen) atoms. The monoisotopic (exact) mass is 308 g/mol. The molecule has 1 aromatic heterocycles. The maximum atomic E-state index is 11.9. The fourth-order valence-electron chi connectivity index (χ4n) is 2.06. The molecular formula is C18H16N2O3. The number of aromatic nitrogens is 2. The largest absolute Gasteiger partial charge is 0.457 e. The van der Waals surface area contributed by atoms with Crippen molar-refractivity contribution in [3.63, 3.8) is 0 Å². The molecule has 1 heterocycles. The third-order valence-corrected chi connectivity index (χ3v) is 3.32. The molecule has 0 radical (unpaired) electrons. The Balaban J connectivity index is 1.57. The van der Waals surface area contributed by atoms with Gasteiger partial charge in [0.2, 0.25) is 0 Å². The van der Waals surface area contributed by atoms with E-state index >= 15 is 0 Å². The molecule has 0 unspecified atom stereocenters. The molecule has 0 fully saturated rings. The number of nitrogens with zero attached hydrogens (tertiary/aromatic N) is 1. The third-order valence-electron chi connectivity index (χ3n) is 3.32. The summed E-state index contributed by atoms with van der Waals surface area (Å²) >= 11 is 0. The summed E-state index contributed by atoms with van der Waals surface area (Å²) in [6.45, 7) is 1.98. The van der Waals surface area contributed by atoms with Crippen molar-refractivity contribution in [1.29, 1.82) is 0 Å². The number of rotatable bonds is 5. The molecule has 5 heteroatoms. The van der Waals surface area contributed by atoms with Crippen LogP contribution in [0.3, 0.4) is 0 Å². The van der Waals surface area contributed by atoms with Gasteiger partial charge in [-0.25, -0.2) is 4.79 Å². The van der Waals surface area contributed by atoms with Gasteiger partial charge >= 0.3 is 5.97 Å². The second-order valence-corrected chi connectivity index (χ2v) is 5.04. The van der Waals surface area contributed by atoms with Gasteiger partial charge in [0.1, 0.15) is 23.7 Å². The van der Waals surface area contributed by atoms with E-state index in [2.05, 4.69) is 10.2 Å². The number of aryl methyl sites for hydroxylation is 1. The lowest BCUT2D eigenvalue weighted by molar-refractivity contribution is 0.0472. The first kappa shape index (κ1) is 14.8. The number of carbonyl (C=O) groups is 1. The van der Waals surface area contributed by atoms with Crippen molar-refractivity contribution in [3.05, 3.63) is 77.6 Å². The SMILES string of the molecule is Cc1[nH]ncc1C(=O)OCc1ccc(Oc2ccccc2)cc1. The van der Waals surface area contributed by atoms with Gasteiger partial charge in [0.15, 0.2) is 0 Å². The molecule has 3 rings (SSSR count). The highest BCUT2D eigenvalue weighted by atomic mass is 16.5. The molecule has 116 valence electrons. The van der Waals surface area contributed by atoms with Crippen LogP contribution in [0.25, 0.3) is 0 Å². The standard InChI is InChI=1S/C18H16N2O3/c1-13-17(11-19-20-13)18(21)22-12-14-7-9-16(10-8-14)23-15-5-3-2-4-6-15/h2-11H,12H2,1H3,(H,19,20). The van der Waals surface area contributed by atoms with Crippen molar-refractivity contribution in [2.75, 3.05) is 0 Å². The van der Waals surface area contributed by atoms with Crippen LogP contribution in [0.5, 0.6) is 11.5 Å². The minimum Gasteiger partial charge on any atom is -0.457 e. The molecule has 0 aliphatic carbocycles. The number of benzene rings is 2. The average molecular weight is 308 g/mol. The maximum absolute atomic E-state index is 11.9. The van der Waals surface area contributed by atoms with Crippen LogP contribution in [-0.2, 0) is 11.3 Å². The van der Waals surface area contributed by atoms with Crippen molar-refractivity contribution in [2.45, 2.75) is 13.5 Å². The minimum atomic E-state index is -0.388. The van der Waals surface area contributed by atoms with Gasteiger partial charge in [0.25, 0.3) is 0 Å². The number of carbonyl (C=O) groups excluding carboxylic acids is 1. The van der Waals surface area contributed by atoms with Crippen LogP contribution in [-0.4, -0.2) is 16.2 Å². The van der Waals surface area contributed by atoms with Gasteiger partial charge in [-0.15, -0.1) is 0 Å². The van der Waals surface area contributed by atoms with Gasteiger partial charge in [-0.3, -0.25) is 5.10 Å². The molecule has 0 aliphatic rings. The zero-order chi connectivity index (χ0) is 16.1. The second-order valence-electron chi connectivity index (χ2n) is 5.04. The van der Waals surface area contributed by atoms with Gasteiger partial charge in [-0.05, 0) is 36.8 Å². The number of para-hydroxylation sites is 1. The van der Waals surface area contributed by atoms with Crippen LogP contribution in [0.4, 0.5) is 0 Å². The lowest BCUT2D eigenvalue weighted by Gasteiger charge is -2.07. The first-order valence-corrected chi connectivity index (χ1v) is 7.21. The molecule has 2 aromatic carbocycles. The highest BCUT2D eigenvalue weighted by molar-refractivity contribution is 5.90. The first-order valence-electron chi connectivity index (χ1n) is 7.21. The van der Waals surface area contributed by atoms with Crippen molar-refractivity contribution in [2.24, 2.45) is 0 Å². The Bertz CT molecular complexity index is 780. The number of hydrogen-bond donors (Lipinski definition) is 1. The van der Waals surface area contributed by atoms with E-state index in [0.29, 0.717) is 11.3 Å². The van der Waals surface area contributed by atoms with Crippen LogP contribution >= 0.6 is 0 Å². The molecule has 0 bridgehead atoms. The third kappa shape index (κ3) is 3.77. The summed E-state index contributed by atoms with van der Waals surface area (Å²) in [6.07, 6.45) is 1.47. The van der Waals surface area contributed by atoms with Crippen LogP contribution in [0, 0.1) is 6.92 Å². The van der Waals surface area contributed by atoms with Crippen LogP contribution in [0.1, 0.15) is 21.6 Å². The highest BCUT2D eigenvalue weighted by Gasteiger charge is 2.12. The summed E-state index contributed by atoms with van der Waals surface area (Å²) in [6, 6.07) is 17.0. The van der Waals surface area contributed by atoms with Gasteiger partial charge in [0, 0.05) is 5.69 Å². The topological polar surface area (TPSA) is 64.2 Å². The van der Waals surface area contributed by atoms with Gasteiger partial charge in [-0.1, -0.05) is 30.3 Å². The normalized spacial score (nSPS) is 10.3. The number of H-pyrrole nitrogens is 1. The molecule has 0 aliphatic heterocycles. The Hall–Kier alpha value is -3.08. The van der Waals surface area contributed by atoms with Crippen molar-refractivity contribution in [1.82, 2.24) is 10.2 Å². The molecule has 0 saturated heterocycles. The van der Waals surface area contributed by atoms with E-state index in [9.17, 15) is 4.79 Å². The van der Waals surface area contributed by atoms with Gasteiger partial charge < -0.3 is 9.47 Å². The van der Waals surface area contributed by atoms with Crippen LogP contribution in [0.2, 0.25) is 0 Å². The van der Waals surface area contributed by atoms with E-state index in [1.807, 2.05) is 54.6 Å². The molecule has 0 atom stereocenters. The van der Waals surface area contributed by atoms with Crippen molar-refractivity contribution < 1.29 is 14.3 Å². The summed E-state index contributed by atoms with van der Waals surface area (Å²) in [5.74, 6) is 1.12. The van der Waals surface area contributed by atoms with E-state index in [0.717, 1.165) is 17.1 Å². The number of ether oxygens (including phenoxy) is 2. The summed E-state index contributed by atoms with van der Waals surface area (Å²) in [7, 11) is 0. The maximum Gasteiger partial charge on any atom is 0.341 e. The van der Waals surface area contributed by atoms with Crippen LogP contribution in [0.15, 0.2) is 60.8 Å². The number of aromatic amines is 1. The molecule has 5 nitrogen and oxygen atoms in total. The Labute approximate surface area is 133 Å². The lowest BCUT2D eigenvalue weighted by atomic mass is 10.2. The minimum absolute atomic E-state index is 0.203. The fourth-order valence-corrected chi connectivity index (χ4v) is 2.06. The molecule has 0 amide bonds. The highest BCUT2D eigenvalue weighted by Crippen LogP contribution is 2.21. The zero-order valence-electron chi connectivity index (χ0n) is 12.7. The van der Waals surface area contributed by atoms with E-state index in [1.165, 1.54) is 6.20 Å². The summed E-state index contributed by atoms with van der Waals surface area (Å²) in [5, 5.41) is 6.52. The summed E-state index contributed by atoms with van der Waals surface area (Å²) < 4.78 is 11.0. The Morgan fingerprint density at radius 1 is 1.04 bits per heavy atom. The smallest absolute Gasteiger partial charge is 0.341 e. The molecular weight excluding hydrogens is 292 g/mol. The molecule has 0 saturated carbocycles. The van der Waals surface area contributed by atoms with Crippen molar-refractivity contribution in [3.8, 4) is 11.5 Å². The van der Waals surface area contributed by atoms with E-state index in [-0.39, 0.29) is 12.6 Å². The predicted molar refractivity (Wildman–Crippen MR) is 85.4 cm³/mol. The Morgan fingerprint density at radius 3 is 2.39 bits per heavy atom. The fraction of sp³-hybridized carbons (Fsp3) is 0.111. The Kier molecular flexibility index (Phi) is 4.38. The predicted octanol–water partition coefficient (Wildman–Crippen LogP) is 3.87. The second kappa shape index (κ2) is 6.79. The lowest BCUT2D eigenvalue weighted by Crippen LogP contribution is -2.05. The number of esters is 1. The number of nitrogens with one attached hydrogen (secondary N) is 1. The van der Waals surface area contributed by atoms with Crippen molar-refractivity contribution >= 4 is 5.97 Å². The quantitative estimate of drug-likeness (QED) is 0.727. The molecule has 1 N–H and O–H groups in total. The number of hydrogen-bond acceptors (Lipinski definition) is 4. The Morgan fingerprint density at radius 2 is 1.74 bits per heavy atom.